The van der Waals surface area contributed by atoms with Crippen molar-refractivity contribution in [1.82, 2.24) is 9.97 Å². The molecule has 94 valence electrons. The fraction of sp³-hybridized carbons (Fsp3) is 0.667. The van der Waals surface area contributed by atoms with Crippen LogP contribution in [-0.2, 0) is 0 Å². The number of aromatic nitrogens is 2. The van der Waals surface area contributed by atoms with E-state index in [0.29, 0.717) is 11.8 Å². The first-order valence-electron chi connectivity index (χ1n) is 6.06. The summed E-state index contributed by atoms with van der Waals surface area (Å²) in [4.78, 5) is 8.24. The summed E-state index contributed by atoms with van der Waals surface area (Å²) in [5.74, 6) is 3.08. The Morgan fingerprint density at radius 1 is 1.35 bits per heavy atom. The van der Waals surface area contributed by atoms with E-state index in [1.165, 1.54) is 25.7 Å². The van der Waals surface area contributed by atoms with Gasteiger partial charge in [0.1, 0.15) is 12.1 Å². The zero-order chi connectivity index (χ0) is 12.1. The second kappa shape index (κ2) is 6.73. The van der Waals surface area contributed by atoms with Crippen LogP contribution < -0.4 is 5.32 Å². The van der Waals surface area contributed by atoms with Gasteiger partial charge >= 0.3 is 0 Å². The van der Waals surface area contributed by atoms with Crippen LogP contribution in [0.15, 0.2) is 12.5 Å². The van der Waals surface area contributed by atoms with E-state index in [9.17, 15) is 0 Å². The summed E-state index contributed by atoms with van der Waals surface area (Å²) in [5.41, 5.74) is 0. The molecule has 1 aliphatic rings. The van der Waals surface area contributed by atoms with Gasteiger partial charge in [-0.25, -0.2) is 9.97 Å². The minimum absolute atomic E-state index is 0.664. The van der Waals surface area contributed by atoms with Crippen molar-refractivity contribution in [2.24, 2.45) is 11.8 Å². The van der Waals surface area contributed by atoms with Gasteiger partial charge < -0.3 is 5.32 Å². The zero-order valence-corrected chi connectivity index (χ0v) is 12.6. The summed E-state index contributed by atoms with van der Waals surface area (Å²) in [6, 6.07) is 0. The molecule has 0 saturated heterocycles. The van der Waals surface area contributed by atoms with E-state index in [1.807, 2.05) is 6.20 Å². The Labute approximate surface area is 121 Å². The molecule has 1 heterocycles. The van der Waals surface area contributed by atoms with Crippen molar-refractivity contribution in [2.75, 3.05) is 17.7 Å². The molecule has 1 aromatic rings. The molecule has 2 atom stereocenters. The number of hydrogen-bond donors (Lipinski definition) is 1. The number of halogens is 2. The van der Waals surface area contributed by atoms with Crippen LogP contribution in [0, 0.1) is 15.4 Å². The molecule has 1 aliphatic carbocycles. The highest BCUT2D eigenvalue weighted by molar-refractivity contribution is 14.1. The number of hydrogen-bond acceptors (Lipinski definition) is 3. The average molecular weight is 366 g/mol. The summed E-state index contributed by atoms with van der Waals surface area (Å²) in [6.45, 7) is 0.977. The molecule has 0 radical (unpaired) electrons. The van der Waals surface area contributed by atoms with E-state index in [-0.39, 0.29) is 0 Å². The van der Waals surface area contributed by atoms with Crippen LogP contribution >= 0.6 is 34.2 Å². The second-order valence-corrected chi connectivity index (χ2v) is 6.03. The Morgan fingerprint density at radius 3 is 2.82 bits per heavy atom. The van der Waals surface area contributed by atoms with Gasteiger partial charge in [0.05, 0.1) is 3.57 Å². The number of alkyl halides is 1. The maximum Gasteiger partial charge on any atom is 0.142 e. The monoisotopic (exact) mass is 365 g/mol. The number of nitrogens with zero attached hydrogens (tertiary/aromatic N) is 2. The third kappa shape index (κ3) is 3.68. The van der Waals surface area contributed by atoms with Gasteiger partial charge in [-0.15, -0.1) is 11.6 Å². The van der Waals surface area contributed by atoms with Gasteiger partial charge in [0.2, 0.25) is 0 Å². The number of anilines is 1. The standard InChI is InChI=1S/C12H17ClIN3/c13-5-9-3-1-2-4-10(9)6-16-12-11(14)7-15-8-17-12/h7-10H,1-6H2,(H,15,16,17). The summed E-state index contributed by atoms with van der Waals surface area (Å²) in [6.07, 6.45) is 8.64. The fourth-order valence-corrected chi connectivity index (χ4v) is 3.32. The topological polar surface area (TPSA) is 37.8 Å². The van der Waals surface area contributed by atoms with Crippen molar-refractivity contribution < 1.29 is 0 Å². The van der Waals surface area contributed by atoms with E-state index in [0.717, 1.165) is 21.8 Å². The molecule has 0 amide bonds. The predicted molar refractivity (Wildman–Crippen MR) is 79.4 cm³/mol. The summed E-state index contributed by atoms with van der Waals surface area (Å²) >= 11 is 8.29. The van der Waals surface area contributed by atoms with E-state index < -0.39 is 0 Å². The molecule has 3 nitrogen and oxygen atoms in total. The second-order valence-electron chi connectivity index (χ2n) is 4.56. The lowest BCUT2D eigenvalue weighted by atomic mass is 9.80. The molecule has 0 spiro atoms. The van der Waals surface area contributed by atoms with Crippen LogP contribution in [0.4, 0.5) is 5.82 Å². The molecule has 1 fully saturated rings. The Bertz CT molecular complexity index is 361. The SMILES string of the molecule is ClCC1CCCCC1CNc1ncncc1I. The maximum atomic E-state index is 6.03. The van der Waals surface area contributed by atoms with Gasteiger partial charge in [-0.1, -0.05) is 12.8 Å². The molecule has 1 N–H and O–H groups in total. The molecular weight excluding hydrogens is 349 g/mol. The predicted octanol–water partition coefficient (Wildman–Crippen LogP) is 3.54. The molecule has 0 aliphatic heterocycles. The van der Waals surface area contributed by atoms with Gasteiger partial charge in [-0.2, -0.15) is 0 Å². The normalized spacial score (nSPS) is 24.6. The van der Waals surface area contributed by atoms with Gasteiger partial charge in [-0.05, 0) is 47.3 Å². The molecule has 5 heteroatoms. The maximum absolute atomic E-state index is 6.03. The van der Waals surface area contributed by atoms with E-state index in [2.05, 4.69) is 37.9 Å². The van der Waals surface area contributed by atoms with Crippen LogP contribution in [0.1, 0.15) is 25.7 Å². The van der Waals surface area contributed by atoms with Crippen LogP contribution in [-0.4, -0.2) is 22.4 Å². The Kier molecular flexibility index (Phi) is 5.28. The molecule has 0 bridgehead atoms. The van der Waals surface area contributed by atoms with E-state index in [4.69, 9.17) is 11.6 Å². The summed E-state index contributed by atoms with van der Waals surface area (Å²) < 4.78 is 1.07. The zero-order valence-electron chi connectivity index (χ0n) is 9.70. The fourth-order valence-electron chi connectivity index (χ4n) is 2.43. The number of nitrogens with one attached hydrogen (secondary N) is 1. The van der Waals surface area contributed by atoms with Crippen LogP contribution in [0.25, 0.3) is 0 Å². The first-order valence-corrected chi connectivity index (χ1v) is 7.68. The molecule has 2 unspecified atom stereocenters. The number of rotatable bonds is 4. The van der Waals surface area contributed by atoms with Crippen molar-refractivity contribution >= 4 is 40.0 Å². The van der Waals surface area contributed by atoms with Gasteiger partial charge in [0.25, 0.3) is 0 Å². The Balaban J connectivity index is 1.90. The van der Waals surface area contributed by atoms with Crippen molar-refractivity contribution in [3.8, 4) is 0 Å². The Hall–Kier alpha value is -0.100. The smallest absolute Gasteiger partial charge is 0.142 e. The largest absolute Gasteiger partial charge is 0.369 e. The minimum Gasteiger partial charge on any atom is -0.369 e. The van der Waals surface area contributed by atoms with E-state index in [1.54, 1.807) is 6.33 Å². The van der Waals surface area contributed by atoms with Crippen LogP contribution in [0.5, 0.6) is 0 Å². The molecular formula is C12H17ClIN3. The lowest BCUT2D eigenvalue weighted by Gasteiger charge is -2.30. The quantitative estimate of drug-likeness (QED) is 0.655. The van der Waals surface area contributed by atoms with Gasteiger partial charge in [0.15, 0.2) is 0 Å². The molecule has 17 heavy (non-hydrogen) atoms. The molecule has 2 rings (SSSR count). The van der Waals surface area contributed by atoms with Crippen molar-refractivity contribution in [3.05, 3.63) is 16.1 Å². The summed E-state index contributed by atoms with van der Waals surface area (Å²) in [5, 5.41) is 3.43. The highest BCUT2D eigenvalue weighted by Gasteiger charge is 2.24. The first kappa shape index (κ1) is 13.3. The first-order chi connectivity index (χ1) is 8.31. The molecule has 1 aromatic heterocycles. The Morgan fingerprint density at radius 2 is 2.12 bits per heavy atom. The highest BCUT2D eigenvalue weighted by Crippen LogP contribution is 2.31. The van der Waals surface area contributed by atoms with E-state index >= 15 is 0 Å². The van der Waals surface area contributed by atoms with Crippen molar-refractivity contribution in [1.29, 1.82) is 0 Å². The van der Waals surface area contributed by atoms with Gasteiger partial charge in [-0.3, -0.25) is 0 Å². The lowest BCUT2D eigenvalue weighted by Crippen LogP contribution is -2.27. The highest BCUT2D eigenvalue weighted by atomic mass is 127. The third-order valence-electron chi connectivity index (χ3n) is 3.46. The van der Waals surface area contributed by atoms with Gasteiger partial charge in [0, 0.05) is 18.6 Å². The third-order valence-corrected chi connectivity index (χ3v) is 4.65. The average Bonchev–Trinajstić information content (AvgIpc) is 2.38. The molecule has 1 saturated carbocycles. The van der Waals surface area contributed by atoms with Crippen LogP contribution in [0.3, 0.4) is 0 Å². The van der Waals surface area contributed by atoms with Crippen molar-refractivity contribution in [3.63, 3.8) is 0 Å². The molecule has 0 aromatic carbocycles. The van der Waals surface area contributed by atoms with Crippen molar-refractivity contribution in [2.45, 2.75) is 25.7 Å². The summed E-state index contributed by atoms with van der Waals surface area (Å²) in [7, 11) is 0. The minimum atomic E-state index is 0.664. The lowest BCUT2D eigenvalue weighted by molar-refractivity contribution is 0.272. The van der Waals surface area contributed by atoms with Crippen LogP contribution in [0.2, 0.25) is 0 Å².